The van der Waals surface area contributed by atoms with Gasteiger partial charge in [0.1, 0.15) is 5.75 Å². The number of anilines is 1. The summed E-state index contributed by atoms with van der Waals surface area (Å²) >= 11 is 0. The second-order valence-corrected chi connectivity index (χ2v) is 8.78. The summed E-state index contributed by atoms with van der Waals surface area (Å²) in [6, 6.07) is 17.3. The van der Waals surface area contributed by atoms with Crippen LogP contribution in [0.25, 0.3) is 11.1 Å². The molecule has 0 aromatic heterocycles. The molecule has 3 aromatic rings. The van der Waals surface area contributed by atoms with Crippen LogP contribution in [0, 0.1) is 6.92 Å². The number of allylic oxidation sites excluding steroid dienone is 3. The molecule has 0 aliphatic heterocycles. The van der Waals surface area contributed by atoms with Crippen molar-refractivity contribution < 1.29 is 24.1 Å². The van der Waals surface area contributed by atoms with Crippen LogP contribution in [0.3, 0.4) is 0 Å². The molecule has 0 bridgehead atoms. The van der Waals surface area contributed by atoms with E-state index in [4.69, 9.17) is 14.2 Å². The molecule has 0 radical (unpaired) electrons. The Morgan fingerprint density at radius 1 is 0.917 bits per heavy atom. The summed E-state index contributed by atoms with van der Waals surface area (Å²) in [6.07, 6.45) is 2.98. The number of fused-ring (bicyclic) bond motifs is 1. The predicted molar refractivity (Wildman–Crippen MR) is 143 cm³/mol. The number of phenols is 1. The van der Waals surface area contributed by atoms with Crippen LogP contribution in [-0.2, 0) is 11.2 Å². The van der Waals surface area contributed by atoms with Gasteiger partial charge in [-0.3, -0.25) is 4.79 Å². The molecule has 3 aromatic carbocycles. The molecule has 1 aliphatic rings. The first kappa shape index (κ1) is 24.9. The Hall–Kier alpha value is -4.19. The number of aryl methyl sites for hydroxylation is 1. The van der Waals surface area contributed by atoms with Crippen LogP contribution in [-0.4, -0.2) is 32.3 Å². The lowest BCUT2D eigenvalue weighted by atomic mass is 10.00. The fourth-order valence-electron chi connectivity index (χ4n) is 4.57. The van der Waals surface area contributed by atoms with Gasteiger partial charge in [0.15, 0.2) is 11.5 Å². The molecule has 4 rings (SSSR count). The lowest BCUT2D eigenvalue weighted by Crippen LogP contribution is -2.12. The summed E-state index contributed by atoms with van der Waals surface area (Å²) in [6.45, 7) is 4.05. The Kier molecular flexibility index (Phi) is 7.34. The van der Waals surface area contributed by atoms with Crippen molar-refractivity contribution in [2.24, 2.45) is 0 Å². The standard InChI is InChI=1S/C30H31NO5/c1-18-7-6-8-21(13-18)31-29(32)17-25-19(2)23(24-12-10-22(34-3)16-26(24)25)11-9-20-14-27(35-4)30(33)28(15-20)36-5/h6-8,10-16,33H,9,17H2,1-5H3,(H,31,32)/b23-11-. The van der Waals surface area contributed by atoms with Gasteiger partial charge in [-0.25, -0.2) is 0 Å². The Labute approximate surface area is 211 Å². The average Bonchev–Trinajstić information content (AvgIpc) is 3.12. The van der Waals surface area contributed by atoms with Gasteiger partial charge in [0.25, 0.3) is 0 Å². The maximum absolute atomic E-state index is 13.0. The number of rotatable bonds is 8. The molecular weight excluding hydrogens is 454 g/mol. The third kappa shape index (κ3) is 5.08. The van der Waals surface area contributed by atoms with E-state index in [-0.39, 0.29) is 18.1 Å². The van der Waals surface area contributed by atoms with Crippen LogP contribution < -0.4 is 19.5 Å². The summed E-state index contributed by atoms with van der Waals surface area (Å²) in [7, 11) is 4.66. The summed E-state index contributed by atoms with van der Waals surface area (Å²) < 4.78 is 16.1. The summed E-state index contributed by atoms with van der Waals surface area (Å²) in [5.74, 6) is 1.37. The predicted octanol–water partition coefficient (Wildman–Crippen LogP) is 6.17. The van der Waals surface area contributed by atoms with Crippen molar-refractivity contribution in [3.63, 3.8) is 0 Å². The van der Waals surface area contributed by atoms with E-state index < -0.39 is 0 Å². The number of methoxy groups -OCH3 is 3. The summed E-state index contributed by atoms with van der Waals surface area (Å²) in [5, 5.41) is 13.2. The largest absolute Gasteiger partial charge is 0.502 e. The van der Waals surface area contributed by atoms with E-state index in [0.29, 0.717) is 17.9 Å². The maximum Gasteiger partial charge on any atom is 0.228 e. The molecule has 0 heterocycles. The highest BCUT2D eigenvalue weighted by Gasteiger charge is 2.26. The fourth-order valence-corrected chi connectivity index (χ4v) is 4.57. The van der Waals surface area contributed by atoms with Crippen LogP contribution in [0.15, 0.2) is 66.2 Å². The van der Waals surface area contributed by atoms with Crippen molar-refractivity contribution in [3.8, 4) is 23.0 Å². The van der Waals surface area contributed by atoms with Gasteiger partial charge in [0.2, 0.25) is 11.7 Å². The molecule has 186 valence electrons. The summed E-state index contributed by atoms with van der Waals surface area (Å²) in [4.78, 5) is 13.0. The number of ether oxygens (including phenoxy) is 3. The lowest BCUT2D eigenvalue weighted by Gasteiger charge is -2.11. The number of carbonyl (C=O) groups excluding carboxylic acids is 1. The van der Waals surface area contributed by atoms with Crippen molar-refractivity contribution >= 4 is 22.7 Å². The third-order valence-corrected chi connectivity index (χ3v) is 6.42. The quantitative estimate of drug-likeness (QED) is 0.399. The van der Waals surface area contributed by atoms with Crippen LogP contribution in [0.5, 0.6) is 23.0 Å². The van der Waals surface area contributed by atoms with Gasteiger partial charge in [-0.2, -0.15) is 0 Å². The number of amides is 1. The van der Waals surface area contributed by atoms with Crippen LogP contribution in [0.1, 0.15) is 35.6 Å². The Morgan fingerprint density at radius 3 is 2.28 bits per heavy atom. The lowest BCUT2D eigenvalue weighted by molar-refractivity contribution is -0.115. The molecule has 0 atom stereocenters. The SMILES string of the molecule is COc1ccc2c(c1)C(CC(=O)Nc1cccc(C)c1)=C(C)/C2=C/Cc1cc(OC)c(O)c(OC)c1. The Morgan fingerprint density at radius 2 is 1.64 bits per heavy atom. The molecule has 0 saturated heterocycles. The molecular formula is C30H31NO5. The van der Waals surface area contributed by atoms with E-state index >= 15 is 0 Å². The number of hydrogen-bond acceptors (Lipinski definition) is 5. The zero-order chi connectivity index (χ0) is 25.8. The topological polar surface area (TPSA) is 77.0 Å². The molecule has 36 heavy (non-hydrogen) atoms. The summed E-state index contributed by atoms with van der Waals surface area (Å²) in [5.41, 5.74) is 7.96. The first-order valence-corrected chi connectivity index (χ1v) is 11.7. The normalized spacial score (nSPS) is 13.5. The highest BCUT2D eigenvalue weighted by atomic mass is 16.5. The Bertz CT molecular complexity index is 1340. The van der Waals surface area contributed by atoms with Gasteiger partial charge >= 0.3 is 0 Å². The molecule has 6 heteroatoms. The second-order valence-electron chi connectivity index (χ2n) is 8.78. The first-order chi connectivity index (χ1) is 17.3. The fraction of sp³-hybridized carbons (Fsp3) is 0.233. The Balaban J connectivity index is 1.67. The molecule has 1 aliphatic carbocycles. The average molecular weight is 486 g/mol. The van der Waals surface area contributed by atoms with Gasteiger partial charge in [-0.15, -0.1) is 0 Å². The molecule has 0 spiro atoms. The molecule has 2 N–H and O–H groups in total. The van der Waals surface area contributed by atoms with E-state index in [1.54, 1.807) is 19.2 Å². The highest BCUT2D eigenvalue weighted by molar-refractivity contribution is 6.07. The van der Waals surface area contributed by atoms with E-state index in [1.807, 2.05) is 56.3 Å². The van der Waals surface area contributed by atoms with Crippen molar-refractivity contribution in [1.82, 2.24) is 0 Å². The van der Waals surface area contributed by atoms with Gasteiger partial charge in [-0.05, 0) is 95.6 Å². The minimum Gasteiger partial charge on any atom is -0.502 e. The van der Waals surface area contributed by atoms with E-state index in [1.165, 1.54) is 14.2 Å². The van der Waals surface area contributed by atoms with Crippen molar-refractivity contribution in [1.29, 1.82) is 0 Å². The van der Waals surface area contributed by atoms with Crippen molar-refractivity contribution in [3.05, 3.63) is 88.5 Å². The maximum atomic E-state index is 13.0. The van der Waals surface area contributed by atoms with Crippen LogP contribution >= 0.6 is 0 Å². The second kappa shape index (κ2) is 10.6. The number of aromatic hydroxyl groups is 1. The van der Waals surface area contributed by atoms with Crippen LogP contribution in [0.4, 0.5) is 5.69 Å². The zero-order valence-corrected chi connectivity index (χ0v) is 21.3. The van der Waals surface area contributed by atoms with E-state index in [2.05, 4.69) is 11.4 Å². The van der Waals surface area contributed by atoms with E-state index in [9.17, 15) is 9.90 Å². The monoisotopic (exact) mass is 485 g/mol. The number of hydrogen-bond donors (Lipinski definition) is 2. The molecule has 0 saturated carbocycles. The zero-order valence-electron chi connectivity index (χ0n) is 21.3. The smallest absolute Gasteiger partial charge is 0.228 e. The van der Waals surface area contributed by atoms with Crippen LogP contribution in [0.2, 0.25) is 0 Å². The van der Waals surface area contributed by atoms with Crippen molar-refractivity contribution in [2.45, 2.75) is 26.7 Å². The number of benzene rings is 3. The highest BCUT2D eigenvalue weighted by Crippen LogP contribution is 2.45. The van der Waals surface area contributed by atoms with Gasteiger partial charge in [-0.1, -0.05) is 24.3 Å². The van der Waals surface area contributed by atoms with E-state index in [0.717, 1.165) is 50.4 Å². The third-order valence-electron chi connectivity index (χ3n) is 6.42. The van der Waals surface area contributed by atoms with Gasteiger partial charge in [0.05, 0.1) is 27.8 Å². The van der Waals surface area contributed by atoms with Gasteiger partial charge < -0.3 is 24.6 Å². The number of carbonyl (C=O) groups is 1. The number of nitrogens with one attached hydrogen (secondary N) is 1. The molecule has 6 nitrogen and oxygen atoms in total. The van der Waals surface area contributed by atoms with Crippen molar-refractivity contribution in [2.75, 3.05) is 26.6 Å². The molecule has 0 unspecified atom stereocenters. The molecule has 1 amide bonds. The minimum atomic E-state index is -0.0713. The number of phenolic OH excluding ortho intramolecular Hbond substituents is 1. The van der Waals surface area contributed by atoms with Gasteiger partial charge in [0, 0.05) is 5.69 Å². The first-order valence-electron chi connectivity index (χ1n) is 11.7. The minimum absolute atomic E-state index is 0.0207. The molecule has 0 fully saturated rings.